The van der Waals surface area contributed by atoms with E-state index in [1.165, 1.54) is 23.1 Å². The zero-order chi connectivity index (χ0) is 17.6. The number of nitrogens with one attached hydrogen (secondary N) is 1. The van der Waals surface area contributed by atoms with E-state index in [0.717, 1.165) is 22.0 Å². The number of carbonyl (C=O) groups is 1. The Kier molecular flexibility index (Phi) is 5.67. The van der Waals surface area contributed by atoms with Crippen LogP contribution in [0.5, 0.6) is 5.75 Å². The highest BCUT2D eigenvalue weighted by atomic mass is 32.2. The highest BCUT2D eigenvalue weighted by Gasteiger charge is 2.17. The predicted octanol–water partition coefficient (Wildman–Crippen LogP) is 4.33. The van der Waals surface area contributed by atoms with Crippen molar-refractivity contribution in [2.24, 2.45) is 0 Å². The molecule has 0 aliphatic carbocycles. The molecule has 0 fully saturated rings. The summed E-state index contributed by atoms with van der Waals surface area (Å²) in [5, 5.41) is 5.92. The van der Waals surface area contributed by atoms with E-state index in [1.807, 2.05) is 54.8 Å². The zero-order valence-electron chi connectivity index (χ0n) is 13.8. The fraction of sp³-hybridized carbons (Fsp3) is 0.167. The van der Waals surface area contributed by atoms with Gasteiger partial charge >= 0.3 is 0 Å². The summed E-state index contributed by atoms with van der Waals surface area (Å²) >= 11 is 2.82. The standard InChI is InChI=1S/C18H17N3O2S2/c1-12(25-16-8-3-4-9-19-16)17(22)21-18-20-15(11-24-18)13-6-5-7-14(10-13)23-2/h3-12H,1-2H3,(H,20,21,22). The Morgan fingerprint density at radius 1 is 1.28 bits per heavy atom. The summed E-state index contributed by atoms with van der Waals surface area (Å²) in [6, 6.07) is 13.3. The number of thioether (sulfide) groups is 1. The molecule has 25 heavy (non-hydrogen) atoms. The number of methoxy groups -OCH3 is 1. The van der Waals surface area contributed by atoms with Gasteiger partial charge < -0.3 is 10.1 Å². The number of thiazole rings is 1. The van der Waals surface area contributed by atoms with Gasteiger partial charge in [0.2, 0.25) is 5.91 Å². The summed E-state index contributed by atoms with van der Waals surface area (Å²) < 4.78 is 5.23. The molecule has 5 nitrogen and oxygen atoms in total. The molecule has 1 unspecified atom stereocenters. The maximum Gasteiger partial charge on any atom is 0.239 e. The van der Waals surface area contributed by atoms with Crippen LogP contribution >= 0.6 is 23.1 Å². The molecule has 1 atom stereocenters. The van der Waals surface area contributed by atoms with Crippen LogP contribution in [-0.2, 0) is 4.79 Å². The molecule has 0 aliphatic rings. The minimum absolute atomic E-state index is 0.0952. The van der Waals surface area contributed by atoms with E-state index in [9.17, 15) is 4.79 Å². The van der Waals surface area contributed by atoms with Crippen molar-refractivity contribution in [1.29, 1.82) is 0 Å². The van der Waals surface area contributed by atoms with E-state index in [4.69, 9.17) is 4.74 Å². The van der Waals surface area contributed by atoms with E-state index in [2.05, 4.69) is 15.3 Å². The normalized spacial score (nSPS) is 11.8. The molecule has 7 heteroatoms. The average molecular weight is 371 g/mol. The monoisotopic (exact) mass is 371 g/mol. The molecule has 0 saturated heterocycles. The van der Waals surface area contributed by atoms with Crippen LogP contribution in [0.25, 0.3) is 11.3 Å². The molecule has 0 spiro atoms. The Morgan fingerprint density at radius 3 is 2.92 bits per heavy atom. The molecule has 3 rings (SSSR count). The lowest BCUT2D eigenvalue weighted by Crippen LogP contribution is -2.22. The Morgan fingerprint density at radius 2 is 2.16 bits per heavy atom. The Bertz CT molecular complexity index is 852. The number of anilines is 1. The van der Waals surface area contributed by atoms with Crippen molar-refractivity contribution in [3.8, 4) is 17.0 Å². The first-order valence-electron chi connectivity index (χ1n) is 7.64. The third kappa shape index (κ3) is 4.58. The second-order valence-electron chi connectivity index (χ2n) is 5.19. The van der Waals surface area contributed by atoms with Crippen molar-refractivity contribution >= 4 is 34.1 Å². The van der Waals surface area contributed by atoms with Crippen LogP contribution in [0.3, 0.4) is 0 Å². The van der Waals surface area contributed by atoms with Crippen LogP contribution in [0.15, 0.2) is 59.1 Å². The van der Waals surface area contributed by atoms with E-state index < -0.39 is 0 Å². The summed E-state index contributed by atoms with van der Waals surface area (Å²) in [7, 11) is 1.63. The van der Waals surface area contributed by atoms with E-state index >= 15 is 0 Å². The highest BCUT2D eigenvalue weighted by Crippen LogP contribution is 2.28. The van der Waals surface area contributed by atoms with E-state index in [1.54, 1.807) is 13.3 Å². The molecule has 0 aliphatic heterocycles. The second-order valence-corrected chi connectivity index (χ2v) is 7.41. The lowest BCUT2D eigenvalue weighted by molar-refractivity contribution is -0.115. The molecule has 3 aromatic rings. The number of ether oxygens (including phenoxy) is 1. The maximum absolute atomic E-state index is 12.3. The highest BCUT2D eigenvalue weighted by molar-refractivity contribution is 8.00. The molecular formula is C18H17N3O2S2. The smallest absolute Gasteiger partial charge is 0.239 e. The number of aromatic nitrogens is 2. The van der Waals surface area contributed by atoms with Gasteiger partial charge in [-0.25, -0.2) is 9.97 Å². The van der Waals surface area contributed by atoms with Gasteiger partial charge in [0.1, 0.15) is 5.75 Å². The third-order valence-electron chi connectivity index (χ3n) is 3.40. The summed E-state index contributed by atoms with van der Waals surface area (Å²) in [6.45, 7) is 1.85. The Hall–Kier alpha value is -2.38. The van der Waals surface area contributed by atoms with Crippen LogP contribution in [0.4, 0.5) is 5.13 Å². The minimum atomic E-state index is -0.265. The van der Waals surface area contributed by atoms with Crippen molar-refractivity contribution in [2.45, 2.75) is 17.2 Å². The first-order valence-corrected chi connectivity index (χ1v) is 9.40. The largest absolute Gasteiger partial charge is 0.497 e. The average Bonchev–Trinajstić information content (AvgIpc) is 3.11. The summed E-state index contributed by atoms with van der Waals surface area (Å²) in [5.74, 6) is 0.679. The molecule has 2 aromatic heterocycles. The van der Waals surface area contributed by atoms with Gasteiger partial charge in [-0.3, -0.25) is 4.79 Å². The van der Waals surface area contributed by atoms with Gasteiger partial charge in [-0.2, -0.15) is 0 Å². The number of carbonyl (C=O) groups excluding carboxylic acids is 1. The van der Waals surface area contributed by atoms with Crippen molar-refractivity contribution in [3.05, 3.63) is 54.0 Å². The van der Waals surface area contributed by atoms with Crippen LogP contribution in [0.1, 0.15) is 6.92 Å². The summed E-state index contributed by atoms with van der Waals surface area (Å²) in [4.78, 5) is 21.1. The second kappa shape index (κ2) is 8.13. The van der Waals surface area contributed by atoms with Crippen LogP contribution in [-0.4, -0.2) is 28.2 Å². The van der Waals surface area contributed by atoms with Crippen molar-refractivity contribution in [1.82, 2.24) is 9.97 Å². The van der Waals surface area contributed by atoms with Crippen molar-refractivity contribution in [3.63, 3.8) is 0 Å². The topological polar surface area (TPSA) is 64.1 Å². The third-order valence-corrected chi connectivity index (χ3v) is 5.21. The van der Waals surface area contributed by atoms with Crippen LogP contribution < -0.4 is 10.1 Å². The molecule has 1 N–H and O–H groups in total. The number of amides is 1. The number of benzene rings is 1. The van der Waals surface area contributed by atoms with Gasteiger partial charge in [-0.1, -0.05) is 30.0 Å². The molecule has 128 valence electrons. The Labute approximate surface area is 154 Å². The van der Waals surface area contributed by atoms with Crippen LogP contribution in [0.2, 0.25) is 0 Å². The number of hydrogen-bond donors (Lipinski definition) is 1. The quantitative estimate of drug-likeness (QED) is 0.653. The molecule has 2 heterocycles. The van der Waals surface area contributed by atoms with Crippen molar-refractivity contribution < 1.29 is 9.53 Å². The van der Waals surface area contributed by atoms with Gasteiger partial charge in [0.25, 0.3) is 0 Å². The first-order chi connectivity index (χ1) is 12.2. The zero-order valence-corrected chi connectivity index (χ0v) is 15.4. The fourth-order valence-corrected chi connectivity index (χ4v) is 3.63. The van der Waals surface area contributed by atoms with Gasteiger partial charge in [-0.15, -0.1) is 11.3 Å². The van der Waals surface area contributed by atoms with Gasteiger partial charge in [-0.05, 0) is 31.2 Å². The SMILES string of the molecule is COc1cccc(-c2csc(NC(=O)C(C)Sc3ccccn3)n2)c1. The number of nitrogens with zero attached hydrogens (tertiary/aromatic N) is 2. The lowest BCUT2D eigenvalue weighted by Gasteiger charge is -2.09. The number of hydrogen-bond acceptors (Lipinski definition) is 6. The molecule has 0 radical (unpaired) electrons. The summed E-state index contributed by atoms with van der Waals surface area (Å²) in [5.41, 5.74) is 1.76. The van der Waals surface area contributed by atoms with Crippen molar-refractivity contribution in [2.75, 3.05) is 12.4 Å². The molecule has 0 bridgehead atoms. The van der Waals surface area contributed by atoms with E-state index in [0.29, 0.717) is 5.13 Å². The minimum Gasteiger partial charge on any atom is -0.497 e. The lowest BCUT2D eigenvalue weighted by atomic mass is 10.2. The molecule has 0 saturated carbocycles. The fourth-order valence-electron chi connectivity index (χ4n) is 2.10. The number of pyridine rings is 1. The van der Waals surface area contributed by atoms with Gasteiger partial charge in [0, 0.05) is 17.1 Å². The molecular weight excluding hydrogens is 354 g/mol. The van der Waals surface area contributed by atoms with E-state index in [-0.39, 0.29) is 11.2 Å². The first kappa shape index (κ1) is 17.4. The number of rotatable bonds is 6. The molecule has 1 amide bonds. The maximum atomic E-state index is 12.3. The Balaban J connectivity index is 1.65. The van der Waals surface area contributed by atoms with Gasteiger partial charge in [0.15, 0.2) is 5.13 Å². The predicted molar refractivity (Wildman–Crippen MR) is 102 cm³/mol. The molecule has 1 aromatic carbocycles. The summed E-state index contributed by atoms with van der Waals surface area (Å²) in [6.07, 6.45) is 1.72. The van der Waals surface area contributed by atoms with Gasteiger partial charge in [0.05, 0.1) is 23.1 Å². The van der Waals surface area contributed by atoms with Crippen LogP contribution in [0, 0.1) is 0 Å².